The number of benzene rings is 1. The number of hydrogen-bond donors (Lipinski definition) is 1. The fourth-order valence-electron chi connectivity index (χ4n) is 1.70. The molecule has 0 fully saturated rings. The molecule has 5 nitrogen and oxygen atoms in total. The first-order valence-electron chi connectivity index (χ1n) is 5.66. The Balaban J connectivity index is 3.30. The van der Waals surface area contributed by atoms with Gasteiger partial charge in [0.2, 0.25) is 10.0 Å². The van der Waals surface area contributed by atoms with Gasteiger partial charge in [-0.3, -0.25) is 4.79 Å². The normalized spacial score (nSPS) is 11.3. The Labute approximate surface area is 108 Å². The minimum absolute atomic E-state index is 0.124. The molecule has 0 bridgehead atoms. The van der Waals surface area contributed by atoms with Crippen molar-refractivity contribution in [1.29, 1.82) is 0 Å². The maximum Gasteiger partial charge on any atom is 0.254 e. The van der Waals surface area contributed by atoms with Gasteiger partial charge in [0.25, 0.3) is 5.91 Å². The van der Waals surface area contributed by atoms with Gasteiger partial charge >= 0.3 is 0 Å². The molecule has 0 radical (unpaired) electrons. The van der Waals surface area contributed by atoms with Gasteiger partial charge in [-0.05, 0) is 25.5 Å². The fourth-order valence-corrected chi connectivity index (χ4v) is 2.41. The van der Waals surface area contributed by atoms with Crippen molar-refractivity contribution < 1.29 is 13.2 Å². The van der Waals surface area contributed by atoms with E-state index < -0.39 is 10.0 Å². The van der Waals surface area contributed by atoms with Crippen LogP contribution >= 0.6 is 0 Å². The molecule has 0 atom stereocenters. The molecule has 0 unspecified atom stereocenters. The van der Waals surface area contributed by atoms with Crippen molar-refractivity contribution >= 4 is 15.9 Å². The second kappa shape index (κ2) is 5.49. The van der Waals surface area contributed by atoms with Gasteiger partial charge in [-0.2, -0.15) is 0 Å². The Morgan fingerprint density at radius 1 is 1.39 bits per heavy atom. The lowest BCUT2D eigenvalue weighted by molar-refractivity contribution is 0.0791. The highest BCUT2D eigenvalue weighted by Crippen LogP contribution is 2.18. The van der Waals surface area contributed by atoms with Crippen molar-refractivity contribution in [2.45, 2.75) is 25.2 Å². The summed E-state index contributed by atoms with van der Waals surface area (Å²) in [6.07, 6.45) is 0.804. The van der Waals surface area contributed by atoms with Gasteiger partial charge in [-0.15, -0.1) is 0 Å². The van der Waals surface area contributed by atoms with Gasteiger partial charge in [-0.25, -0.2) is 13.6 Å². The second-order valence-corrected chi connectivity index (χ2v) is 5.80. The summed E-state index contributed by atoms with van der Waals surface area (Å²) >= 11 is 0. The molecule has 0 saturated carbocycles. The standard InChI is InChI=1S/C12H18N2O3S/c1-4-7-14(3)12(15)10-8-9(2)5-6-11(10)18(13,16)17/h5-6,8H,4,7H2,1-3H3,(H2,13,16,17). The number of rotatable bonds is 4. The summed E-state index contributed by atoms with van der Waals surface area (Å²) in [5, 5.41) is 5.12. The average Bonchev–Trinajstić information content (AvgIpc) is 2.26. The van der Waals surface area contributed by atoms with E-state index in [2.05, 4.69) is 0 Å². The monoisotopic (exact) mass is 270 g/mol. The predicted octanol–water partition coefficient (Wildman–Crippen LogP) is 1.12. The van der Waals surface area contributed by atoms with Crippen LogP contribution in [0.4, 0.5) is 0 Å². The summed E-state index contributed by atoms with van der Waals surface area (Å²) in [4.78, 5) is 13.5. The molecule has 1 amide bonds. The predicted molar refractivity (Wildman–Crippen MR) is 69.8 cm³/mol. The van der Waals surface area contributed by atoms with Crippen molar-refractivity contribution in [2.75, 3.05) is 13.6 Å². The third-order valence-corrected chi connectivity index (χ3v) is 3.55. The summed E-state index contributed by atoms with van der Waals surface area (Å²) in [6.45, 7) is 4.31. The summed E-state index contributed by atoms with van der Waals surface area (Å²) in [6, 6.07) is 4.54. The highest BCUT2D eigenvalue weighted by Gasteiger charge is 2.21. The minimum Gasteiger partial charge on any atom is -0.342 e. The van der Waals surface area contributed by atoms with E-state index in [1.807, 2.05) is 6.92 Å². The van der Waals surface area contributed by atoms with Crippen molar-refractivity contribution in [1.82, 2.24) is 4.90 Å². The number of nitrogens with zero attached hydrogens (tertiary/aromatic N) is 1. The Hall–Kier alpha value is -1.40. The first-order chi connectivity index (χ1) is 8.27. The first-order valence-corrected chi connectivity index (χ1v) is 7.21. The van der Waals surface area contributed by atoms with Crippen LogP contribution in [-0.2, 0) is 10.0 Å². The molecule has 0 saturated heterocycles. The number of amides is 1. The smallest absolute Gasteiger partial charge is 0.254 e. The highest BCUT2D eigenvalue weighted by atomic mass is 32.2. The Kier molecular flexibility index (Phi) is 4.48. The van der Waals surface area contributed by atoms with E-state index in [-0.39, 0.29) is 16.4 Å². The van der Waals surface area contributed by atoms with E-state index in [9.17, 15) is 13.2 Å². The van der Waals surface area contributed by atoms with Gasteiger partial charge in [0.05, 0.1) is 10.5 Å². The Morgan fingerprint density at radius 3 is 2.50 bits per heavy atom. The number of hydrogen-bond acceptors (Lipinski definition) is 3. The number of carbonyl (C=O) groups is 1. The van der Waals surface area contributed by atoms with Crippen LogP contribution in [0.5, 0.6) is 0 Å². The minimum atomic E-state index is -3.89. The zero-order valence-electron chi connectivity index (χ0n) is 10.8. The van der Waals surface area contributed by atoms with Crippen LogP contribution in [0.25, 0.3) is 0 Å². The van der Waals surface area contributed by atoms with Crippen molar-refractivity contribution in [3.05, 3.63) is 29.3 Å². The van der Waals surface area contributed by atoms with Crippen molar-refractivity contribution in [2.24, 2.45) is 5.14 Å². The van der Waals surface area contributed by atoms with Crippen LogP contribution in [-0.4, -0.2) is 32.8 Å². The molecule has 1 rings (SSSR count). The first kappa shape index (κ1) is 14.7. The largest absolute Gasteiger partial charge is 0.342 e. The van der Waals surface area contributed by atoms with E-state index in [0.29, 0.717) is 6.54 Å². The van der Waals surface area contributed by atoms with Crippen LogP contribution in [0, 0.1) is 6.92 Å². The fraction of sp³-hybridized carbons (Fsp3) is 0.417. The lowest BCUT2D eigenvalue weighted by Gasteiger charge is -2.18. The van der Waals surface area contributed by atoms with Crippen LogP contribution in [0.3, 0.4) is 0 Å². The number of primary sulfonamides is 1. The molecule has 1 aromatic carbocycles. The van der Waals surface area contributed by atoms with Crippen LogP contribution in [0.15, 0.2) is 23.1 Å². The number of sulfonamides is 1. The molecule has 0 aliphatic heterocycles. The highest BCUT2D eigenvalue weighted by molar-refractivity contribution is 7.89. The molecular weight excluding hydrogens is 252 g/mol. The van der Waals surface area contributed by atoms with E-state index >= 15 is 0 Å². The molecule has 1 aromatic rings. The summed E-state index contributed by atoms with van der Waals surface area (Å²) in [5.74, 6) is -0.329. The molecule has 0 spiro atoms. The summed E-state index contributed by atoms with van der Waals surface area (Å²) < 4.78 is 22.9. The van der Waals surface area contributed by atoms with Gasteiger partial charge in [-0.1, -0.05) is 18.6 Å². The molecule has 0 aliphatic rings. The molecule has 100 valence electrons. The topological polar surface area (TPSA) is 80.5 Å². The van der Waals surface area contributed by atoms with E-state index in [0.717, 1.165) is 12.0 Å². The van der Waals surface area contributed by atoms with Crippen LogP contribution in [0.1, 0.15) is 29.3 Å². The maximum atomic E-state index is 12.2. The third-order valence-electron chi connectivity index (χ3n) is 2.58. The van der Waals surface area contributed by atoms with Gasteiger partial charge < -0.3 is 4.90 Å². The lowest BCUT2D eigenvalue weighted by Crippen LogP contribution is -2.29. The quantitative estimate of drug-likeness (QED) is 0.890. The zero-order valence-corrected chi connectivity index (χ0v) is 11.6. The third kappa shape index (κ3) is 3.30. The van der Waals surface area contributed by atoms with Crippen LogP contribution in [0.2, 0.25) is 0 Å². The van der Waals surface area contributed by atoms with E-state index in [4.69, 9.17) is 5.14 Å². The van der Waals surface area contributed by atoms with Crippen molar-refractivity contribution in [3.8, 4) is 0 Å². The zero-order chi connectivity index (χ0) is 13.9. The molecule has 2 N–H and O–H groups in total. The number of aryl methyl sites for hydroxylation is 1. The molecule has 0 aromatic heterocycles. The maximum absolute atomic E-state index is 12.2. The summed E-state index contributed by atoms with van der Waals surface area (Å²) in [7, 11) is -2.25. The Bertz CT molecular complexity index is 552. The molecule has 18 heavy (non-hydrogen) atoms. The van der Waals surface area contributed by atoms with Crippen LogP contribution < -0.4 is 5.14 Å². The SMILES string of the molecule is CCCN(C)C(=O)c1cc(C)ccc1S(N)(=O)=O. The van der Waals surface area contributed by atoms with Gasteiger partial charge in [0, 0.05) is 13.6 Å². The van der Waals surface area contributed by atoms with Gasteiger partial charge in [0.1, 0.15) is 0 Å². The van der Waals surface area contributed by atoms with E-state index in [1.165, 1.54) is 11.0 Å². The molecular formula is C12H18N2O3S. The summed E-state index contributed by atoms with van der Waals surface area (Å²) in [5.41, 5.74) is 0.948. The molecule has 0 heterocycles. The molecule has 6 heteroatoms. The number of carbonyl (C=O) groups excluding carboxylic acids is 1. The molecule has 0 aliphatic carbocycles. The van der Waals surface area contributed by atoms with Crippen molar-refractivity contribution in [3.63, 3.8) is 0 Å². The second-order valence-electron chi connectivity index (χ2n) is 4.27. The lowest BCUT2D eigenvalue weighted by atomic mass is 10.1. The van der Waals surface area contributed by atoms with Gasteiger partial charge in [0.15, 0.2) is 0 Å². The number of nitrogens with two attached hydrogens (primary N) is 1. The van der Waals surface area contributed by atoms with E-state index in [1.54, 1.807) is 26.1 Å². The average molecular weight is 270 g/mol. The Morgan fingerprint density at radius 2 is 2.00 bits per heavy atom.